The largest absolute Gasteiger partial charge is 0.309 e. The summed E-state index contributed by atoms with van der Waals surface area (Å²) in [5.74, 6) is 0. The number of hydrogen-bond acceptors (Lipinski definition) is 2. The summed E-state index contributed by atoms with van der Waals surface area (Å²) in [4.78, 5) is 0. The van der Waals surface area contributed by atoms with Crippen molar-refractivity contribution in [3.63, 3.8) is 0 Å². The molecule has 0 radical (unpaired) electrons. The fraction of sp³-hybridized carbons (Fsp3) is 0. The summed E-state index contributed by atoms with van der Waals surface area (Å²) in [6, 6.07) is 59.1. The third-order valence-electron chi connectivity index (χ3n) is 9.36. The number of nitriles is 2. The molecule has 0 aliphatic carbocycles. The van der Waals surface area contributed by atoms with Crippen molar-refractivity contribution < 1.29 is 0 Å². The molecule has 0 fully saturated rings. The molecule has 7 aromatic carbocycles. The molecule has 0 saturated carbocycles. The molecular formula is C44H26N4. The molecule has 0 spiro atoms. The second-order valence-corrected chi connectivity index (χ2v) is 12.0. The number of para-hydroxylation sites is 4. The molecule has 0 amide bonds. The lowest BCUT2D eigenvalue weighted by Gasteiger charge is -2.15. The van der Waals surface area contributed by atoms with Gasteiger partial charge in [-0.05, 0) is 83.9 Å². The van der Waals surface area contributed by atoms with Crippen molar-refractivity contribution in [3.05, 3.63) is 169 Å². The van der Waals surface area contributed by atoms with Gasteiger partial charge in [-0.2, -0.15) is 10.5 Å². The van der Waals surface area contributed by atoms with Crippen LogP contribution in [0.4, 0.5) is 0 Å². The fourth-order valence-corrected chi connectivity index (χ4v) is 7.26. The molecule has 222 valence electrons. The van der Waals surface area contributed by atoms with Crippen LogP contribution in [0.5, 0.6) is 0 Å². The highest BCUT2D eigenvalue weighted by Crippen LogP contribution is 2.43. The number of hydrogen-bond donors (Lipinski definition) is 0. The lowest BCUT2D eigenvalue weighted by atomic mass is 9.92. The normalized spacial score (nSPS) is 11.3. The Morgan fingerprint density at radius 3 is 1.67 bits per heavy atom. The second-order valence-electron chi connectivity index (χ2n) is 12.0. The van der Waals surface area contributed by atoms with Crippen molar-refractivity contribution in [2.75, 3.05) is 0 Å². The summed E-state index contributed by atoms with van der Waals surface area (Å²) in [6.07, 6.45) is 0. The van der Waals surface area contributed by atoms with Crippen molar-refractivity contribution in [3.8, 4) is 45.8 Å². The minimum Gasteiger partial charge on any atom is -0.309 e. The number of nitrogens with zero attached hydrogens (tertiary/aromatic N) is 4. The van der Waals surface area contributed by atoms with Gasteiger partial charge >= 0.3 is 0 Å². The van der Waals surface area contributed by atoms with Gasteiger partial charge in [0.05, 0.1) is 45.3 Å². The summed E-state index contributed by atoms with van der Waals surface area (Å²) < 4.78 is 4.62. The molecule has 0 atom stereocenters. The van der Waals surface area contributed by atoms with E-state index in [1.807, 2.05) is 30.3 Å². The average molecular weight is 611 g/mol. The molecule has 9 aromatic rings. The minimum atomic E-state index is 0.464. The van der Waals surface area contributed by atoms with Crippen molar-refractivity contribution in [2.45, 2.75) is 0 Å². The predicted molar refractivity (Wildman–Crippen MR) is 195 cm³/mol. The summed E-state index contributed by atoms with van der Waals surface area (Å²) in [5, 5.41) is 24.6. The maximum atomic E-state index is 10.3. The Morgan fingerprint density at radius 2 is 0.979 bits per heavy atom. The molecule has 48 heavy (non-hydrogen) atoms. The zero-order valence-corrected chi connectivity index (χ0v) is 25.8. The molecule has 0 aliphatic rings. The first-order valence-corrected chi connectivity index (χ1v) is 15.9. The van der Waals surface area contributed by atoms with Crippen molar-refractivity contribution in [1.82, 2.24) is 9.13 Å². The van der Waals surface area contributed by atoms with E-state index in [2.05, 4.69) is 137 Å². The Bertz CT molecular complexity index is 2790. The van der Waals surface area contributed by atoms with Gasteiger partial charge in [0.1, 0.15) is 0 Å². The highest BCUT2D eigenvalue weighted by atomic mass is 15.0. The van der Waals surface area contributed by atoms with Crippen molar-refractivity contribution >= 4 is 43.6 Å². The number of aromatic nitrogens is 2. The summed E-state index contributed by atoms with van der Waals surface area (Å²) in [5.41, 5.74) is 11.4. The molecule has 9 rings (SSSR count). The molecule has 0 N–H and O–H groups in total. The van der Waals surface area contributed by atoms with Gasteiger partial charge in [0.15, 0.2) is 0 Å². The third-order valence-corrected chi connectivity index (χ3v) is 9.36. The molecule has 0 saturated heterocycles. The molecule has 4 nitrogen and oxygen atoms in total. The first-order chi connectivity index (χ1) is 23.7. The second kappa shape index (κ2) is 10.9. The van der Waals surface area contributed by atoms with Gasteiger partial charge in [-0.1, -0.05) is 84.9 Å². The Labute approximate surface area is 277 Å². The molecule has 4 heteroatoms. The maximum absolute atomic E-state index is 10.3. The maximum Gasteiger partial charge on any atom is 0.0998 e. The average Bonchev–Trinajstić information content (AvgIpc) is 3.67. The standard InChI is InChI=1S/C44H26N4/c45-27-29-19-21-35(32(23-29)28-46)39-25-31(26-40-37-16-8-10-18-42(37)48(44(39)40)34-13-5-2-6-14-34)30-20-22-43-38(24-30)36-15-7-9-17-41(36)47(43)33-11-3-1-4-12-33/h1-26H. The van der Waals surface area contributed by atoms with Crippen LogP contribution in [0.25, 0.3) is 77.2 Å². The van der Waals surface area contributed by atoms with Gasteiger partial charge in [-0.3, -0.25) is 0 Å². The van der Waals surface area contributed by atoms with Gasteiger partial charge in [0, 0.05) is 44.0 Å². The molecule has 2 aromatic heterocycles. The number of rotatable bonds is 4. The Morgan fingerprint density at radius 1 is 0.396 bits per heavy atom. The topological polar surface area (TPSA) is 57.4 Å². The van der Waals surface area contributed by atoms with E-state index in [1.54, 1.807) is 12.1 Å². The highest BCUT2D eigenvalue weighted by Gasteiger charge is 2.21. The molecule has 0 bridgehead atoms. The van der Waals surface area contributed by atoms with E-state index in [4.69, 9.17) is 0 Å². The van der Waals surface area contributed by atoms with Crippen LogP contribution in [0.15, 0.2) is 158 Å². The van der Waals surface area contributed by atoms with Crippen LogP contribution in [0.1, 0.15) is 11.1 Å². The SMILES string of the molecule is N#Cc1ccc(-c2cc(-c3ccc4c(c3)c3ccccc3n4-c3ccccc3)cc3c4ccccc4n(-c4ccccc4)c23)c(C#N)c1. The first kappa shape index (κ1) is 27.4. The Balaban J connectivity index is 1.38. The predicted octanol–water partition coefficient (Wildman–Crippen LogP) is 11.0. The first-order valence-electron chi connectivity index (χ1n) is 15.9. The van der Waals surface area contributed by atoms with E-state index in [0.29, 0.717) is 11.1 Å². The van der Waals surface area contributed by atoms with Crippen LogP contribution in [-0.4, -0.2) is 9.13 Å². The van der Waals surface area contributed by atoms with E-state index in [9.17, 15) is 10.5 Å². The molecule has 0 aliphatic heterocycles. The quantitative estimate of drug-likeness (QED) is 0.199. The fourth-order valence-electron chi connectivity index (χ4n) is 7.26. The van der Waals surface area contributed by atoms with Crippen LogP contribution in [0.2, 0.25) is 0 Å². The Kier molecular flexibility index (Phi) is 6.22. The van der Waals surface area contributed by atoms with Crippen LogP contribution in [-0.2, 0) is 0 Å². The van der Waals surface area contributed by atoms with Crippen LogP contribution in [0, 0.1) is 22.7 Å². The van der Waals surface area contributed by atoms with Gasteiger partial charge in [0.2, 0.25) is 0 Å². The van der Waals surface area contributed by atoms with Crippen molar-refractivity contribution in [2.24, 2.45) is 0 Å². The monoisotopic (exact) mass is 610 g/mol. The molecule has 2 heterocycles. The zero-order chi connectivity index (χ0) is 32.2. The molecule has 0 unspecified atom stereocenters. The van der Waals surface area contributed by atoms with Crippen LogP contribution in [0.3, 0.4) is 0 Å². The van der Waals surface area contributed by atoms with E-state index in [1.165, 1.54) is 10.8 Å². The number of benzene rings is 7. The summed E-state index contributed by atoms with van der Waals surface area (Å²) >= 11 is 0. The van der Waals surface area contributed by atoms with Crippen LogP contribution < -0.4 is 0 Å². The number of fused-ring (bicyclic) bond motifs is 6. The van der Waals surface area contributed by atoms with Crippen LogP contribution >= 0.6 is 0 Å². The van der Waals surface area contributed by atoms with Gasteiger partial charge < -0.3 is 9.13 Å². The lowest BCUT2D eigenvalue weighted by molar-refractivity contribution is 1.18. The van der Waals surface area contributed by atoms with Gasteiger partial charge in [-0.25, -0.2) is 0 Å². The van der Waals surface area contributed by atoms with E-state index >= 15 is 0 Å². The minimum absolute atomic E-state index is 0.464. The smallest absolute Gasteiger partial charge is 0.0998 e. The third kappa shape index (κ3) is 4.14. The Hall–Kier alpha value is -6.88. The van der Waals surface area contributed by atoms with Gasteiger partial charge in [-0.15, -0.1) is 0 Å². The summed E-state index contributed by atoms with van der Waals surface area (Å²) in [6.45, 7) is 0. The zero-order valence-electron chi connectivity index (χ0n) is 25.8. The summed E-state index contributed by atoms with van der Waals surface area (Å²) in [7, 11) is 0. The van der Waals surface area contributed by atoms with E-state index < -0.39 is 0 Å². The van der Waals surface area contributed by atoms with E-state index in [-0.39, 0.29) is 0 Å². The van der Waals surface area contributed by atoms with Gasteiger partial charge in [0.25, 0.3) is 0 Å². The lowest BCUT2D eigenvalue weighted by Crippen LogP contribution is -1.97. The highest BCUT2D eigenvalue weighted by molar-refractivity contribution is 6.16. The van der Waals surface area contributed by atoms with E-state index in [0.717, 1.165) is 66.5 Å². The van der Waals surface area contributed by atoms with Crippen molar-refractivity contribution in [1.29, 1.82) is 10.5 Å². The molecular weight excluding hydrogens is 585 g/mol.